The van der Waals surface area contributed by atoms with Gasteiger partial charge < -0.3 is 34.4 Å². The lowest BCUT2D eigenvalue weighted by Crippen LogP contribution is -2.46. The SMILES string of the molecule is CC(C)(C)C1CCC(Oc2ccc(N3CCN(CCCC(=O)O)CC3)cc2)CC1.CC(C)(C)C1CCC(Oc2ccc(N3CCNCC3)cc2)CC1.CCOC(=O)CCCBr. The molecule has 2 saturated heterocycles. The maximum atomic E-state index is 10.6. The van der Waals surface area contributed by atoms with Gasteiger partial charge >= 0.3 is 11.9 Å². The third-order valence-corrected chi connectivity index (χ3v) is 13.5. The van der Waals surface area contributed by atoms with Gasteiger partial charge in [0.25, 0.3) is 0 Å². The summed E-state index contributed by atoms with van der Waals surface area (Å²) >= 11 is 3.22. The van der Waals surface area contributed by atoms with Crippen LogP contribution in [0.5, 0.6) is 11.5 Å². The number of ether oxygens (including phenoxy) is 3. The van der Waals surface area contributed by atoms with Gasteiger partial charge in [-0.2, -0.15) is 0 Å². The number of nitrogens with one attached hydrogen (secondary N) is 1. The van der Waals surface area contributed by atoms with Crippen molar-refractivity contribution in [1.29, 1.82) is 0 Å². The van der Waals surface area contributed by atoms with E-state index < -0.39 is 5.97 Å². The summed E-state index contributed by atoms with van der Waals surface area (Å²) in [5, 5.41) is 13.0. The Kier molecular flexibility index (Phi) is 21.5. The molecule has 2 aliphatic heterocycles. The summed E-state index contributed by atoms with van der Waals surface area (Å²) in [5.74, 6) is 2.87. The molecule has 0 radical (unpaired) electrons. The van der Waals surface area contributed by atoms with Crippen molar-refractivity contribution in [3.8, 4) is 11.5 Å². The quantitative estimate of drug-likeness (QED) is 0.141. The van der Waals surface area contributed by atoms with Crippen LogP contribution in [0.25, 0.3) is 0 Å². The zero-order valence-electron chi connectivity index (χ0n) is 38.9. The van der Waals surface area contributed by atoms with Gasteiger partial charge in [0.1, 0.15) is 11.5 Å². The van der Waals surface area contributed by atoms with Crippen LogP contribution in [0.1, 0.15) is 126 Å². The molecule has 6 rings (SSSR count). The third kappa shape index (κ3) is 18.7. The number of aliphatic carboxylic acids is 1. The smallest absolute Gasteiger partial charge is 0.305 e. The molecular weight excluding hydrogens is 832 g/mol. The predicted octanol–water partition coefficient (Wildman–Crippen LogP) is 10.5. The summed E-state index contributed by atoms with van der Waals surface area (Å²) in [4.78, 5) is 28.4. The number of carbonyl (C=O) groups excluding carboxylic acids is 1. The molecule has 4 fully saturated rings. The Morgan fingerprint density at radius 1 is 0.656 bits per heavy atom. The Bertz CT molecular complexity index is 1520. The number of esters is 1. The molecular formula is C50H81BrN4O6. The number of halogens is 1. The Hall–Kier alpha value is -3.02. The van der Waals surface area contributed by atoms with E-state index in [4.69, 9.17) is 14.6 Å². The highest BCUT2D eigenvalue weighted by atomic mass is 79.9. The van der Waals surface area contributed by atoms with Gasteiger partial charge in [-0.05, 0) is 149 Å². The highest BCUT2D eigenvalue weighted by Gasteiger charge is 2.31. The van der Waals surface area contributed by atoms with E-state index in [-0.39, 0.29) is 12.4 Å². The van der Waals surface area contributed by atoms with Crippen LogP contribution in [0.2, 0.25) is 0 Å². The van der Waals surface area contributed by atoms with E-state index >= 15 is 0 Å². The van der Waals surface area contributed by atoms with Gasteiger partial charge in [-0.15, -0.1) is 0 Å². The first-order valence-corrected chi connectivity index (χ1v) is 24.7. The van der Waals surface area contributed by atoms with E-state index in [0.717, 1.165) is 113 Å². The molecule has 10 nitrogen and oxygen atoms in total. The zero-order valence-corrected chi connectivity index (χ0v) is 40.5. The molecule has 0 unspecified atom stereocenters. The van der Waals surface area contributed by atoms with Crippen LogP contribution in [-0.4, -0.2) is 105 Å². The lowest BCUT2D eigenvalue weighted by molar-refractivity contribution is -0.143. The molecule has 2 saturated carbocycles. The second-order valence-electron chi connectivity index (χ2n) is 19.6. The fourth-order valence-electron chi connectivity index (χ4n) is 9.00. The van der Waals surface area contributed by atoms with E-state index in [9.17, 15) is 9.59 Å². The second-order valence-corrected chi connectivity index (χ2v) is 20.4. The van der Waals surface area contributed by atoms with Crippen LogP contribution in [0.3, 0.4) is 0 Å². The number of piperazine rings is 2. The van der Waals surface area contributed by atoms with E-state index in [2.05, 4.69) is 131 Å². The fraction of sp³-hybridized carbons (Fsp3) is 0.720. The molecule has 0 spiro atoms. The van der Waals surface area contributed by atoms with Crippen LogP contribution in [-0.2, 0) is 14.3 Å². The van der Waals surface area contributed by atoms with Gasteiger partial charge in [-0.1, -0.05) is 57.5 Å². The van der Waals surface area contributed by atoms with Crippen molar-refractivity contribution in [2.24, 2.45) is 22.7 Å². The fourth-order valence-corrected chi connectivity index (χ4v) is 9.28. The molecule has 2 heterocycles. The molecule has 2 aromatic rings. The molecule has 0 aromatic heterocycles. The molecule has 0 atom stereocenters. The van der Waals surface area contributed by atoms with Crippen molar-refractivity contribution in [3.63, 3.8) is 0 Å². The molecule has 0 bridgehead atoms. The number of nitrogens with zero attached hydrogens (tertiary/aromatic N) is 3. The summed E-state index contributed by atoms with van der Waals surface area (Å²) in [5.41, 5.74) is 3.41. The van der Waals surface area contributed by atoms with Gasteiger partial charge in [-0.25, -0.2) is 0 Å². The van der Waals surface area contributed by atoms with E-state index in [1.807, 2.05) is 6.92 Å². The van der Waals surface area contributed by atoms with Crippen LogP contribution in [0.15, 0.2) is 48.5 Å². The van der Waals surface area contributed by atoms with Gasteiger partial charge in [0, 0.05) is 81.9 Å². The first-order valence-electron chi connectivity index (χ1n) is 23.5. The van der Waals surface area contributed by atoms with E-state index in [1.165, 1.54) is 49.9 Å². The van der Waals surface area contributed by atoms with Gasteiger partial charge in [-0.3, -0.25) is 14.5 Å². The molecule has 2 aromatic carbocycles. The standard InChI is InChI=1S/C24H38N2O3.C20H32N2O.C6H11BrO2/c1-24(2,3)19-6-10-21(11-7-19)29-22-12-8-20(9-13-22)26-17-15-25(16-18-26)14-4-5-23(27)28;1-20(2,3)16-4-8-18(9-5-16)23-19-10-6-17(7-11-19)22-14-12-21-13-15-22;1-2-9-6(8)4-3-5-7/h8-9,12-13,19,21H,4-7,10-11,14-18H2,1-3H3,(H,27,28);6-7,10-11,16,18,21H,4-5,8-9,12-15H2,1-3H3;2-5H2,1H3. The van der Waals surface area contributed by atoms with Crippen molar-refractivity contribution in [2.75, 3.05) is 80.6 Å². The van der Waals surface area contributed by atoms with Crippen molar-refractivity contribution in [3.05, 3.63) is 48.5 Å². The average Bonchev–Trinajstić information content (AvgIpc) is 3.24. The van der Waals surface area contributed by atoms with Crippen LogP contribution in [0, 0.1) is 22.7 Å². The Morgan fingerprint density at radius 3 is 1.49 bits per heavy atom. The molecule has 0 amide bonds. The monoisotopic (exact) mass is 913 g/mol. The average molecular weight is 914 g/mol. The maximum Gasteiger partial charge on any atom is 0.305 e. The van der Waals surface area contributed by atoms with Gasteiger partial charge in [0.2, 0.25) is 0 Å². The minimum Gasteiger partial charge on any atom is -0.490 e. The first kappa shape index (κ1) is 50.6. The number of rotatable bonds is 14. The van der Waals surface area contributed by atoms with Gasteiger partial charge in [0.05, 0.1) is 18.8 Å². The topological polar surface area (TPSA) is 104 Å². The largest absolute Gasteiger partial charge is 0.490 e. The molecule has 344 valence electrons. The molecule has 11 heteroatoms. The van der Waals surface area contributed by atoms with Crippen molar-refractivity contribution in [2.45, 2.75) is 138 Å². The van der Waals surface area contributed by atoms with Crippen molar-refractivity contribution in [1.82, 2.24) is 10.2 Å². The maximum absolute atomic E-state index is 10.6. The number of hydrogen-bond acceptors (Lipinski definition) is 9. The number of alkyl halides is 1. The first-order chi connectivity index (χ1) is 29.1. The number of hydrogen-bond donors (Lipinski definition) is 2. The Balaban J connectivity index is 0.000000228. The highest BCUT2D eigenvalue weighted by molar-refractivity contribution is 9.09. The molecule has 2 aliphatic carbocycles. The number of carboxylic acid groups (broad SMARTS) is 1. The highest BCUT2D eigenvalue weighted by Crippen LogP contribution is 2.40. The summed E-state index contributed by atoms with van der Waals surface area (Å²) in [6.07, 6.45) is 13.0. The van der Waals surface area contributed by atoms with E-state index in [0.29, 0.717) is 36.1 Å². The second kappa shape index (κ2) is 25.9. The number of benzene rings is 2. The molecule has 61 heavy (non-hydrogen) atoms. The van der Waals surface area contributed by atoms with Crippen molar-refractivity contribution >= 4 is 39.2 Å². The van der Waals surface area contributed by atoms with Gasteiger partial charge in [0.15, 0.2) is 0 Å². The lowest BCUT2D eigenvalue weighted by atomic mass is 9.72. The molecule has 2 N–H and O–H groups in total. The Morgan fingerprint density at radius 2 is 1.10 bits per heavy atom. The predicted molar refractivity (Wildman–Crippen MR) is 255 cm³/mol. The van der Waals surface area contributed by atoms with Crippen molar-refractivity contribution < 1.29 is 28.9 Å². The lowest BCUT2D eigenvalue weighted by Gasteiger charge is -2.37. The van der Waals surface area contributed by atoms with Crippen LogP contribution in [0.4, 0.5) is 11.4 Å². The summed E-state index contributed by atoms with van der Waals surface area (Å²) < 4.78 is 17.2. The zero-order chi connectivity index (χ0) is 44.3. The third-order valence-electron chi connectivity index (χ3n) is 13.0. The number of carbonyl (C=O) groups is 2. The summed E-state index contributed by atoms with van der Waals surface area (Å²) in [6.45, 7) is 25.7. The van der Waals surface area contributed by atoms with Crippen LogP contribution < -0.4 is 24.6 Å². The van der Waals surface area contributed by atoms with Crippen LogP contribution >= 0.6 is 15.9 Å². The Labute approximate surface area is 377 Å². The summed E-state index contributed by atoms with van der Waals surface area (Å²) in [7, 11) is 0. The summed E-state index contributed by atoms with van der Waals surface area (Å²) in [6, 6.07) is 17.3. The minimum atomic E-state index is -0.701. The number of anilines is 2. The molecule has 4 aliphatic rings. The van der Waals surface area contributed by atoms with E-state index in [1.54, 1.807) is 0 Å². The normalized spacial score (nSPS) is 22.5. The number of carboxylic acids is 1. The minimum absolute atomic E-state index is 0.100.